The Morgan fingerprint density at radius 3 is 2.79 bits per heavy atom. The molecule has 8 heteroatoms. The van der Waals surface area contributed by atoms with Crippen molar-refractivity contribution in [3.8, 4) is 11.1 Å². The first-order chi connectivity index (χ1) is 11.5. The Balaban J connectivity index is 1.71. The SMILES string of the molecule is Cc1nn(CCNS(=O)(=O)c2cccnc2)c(C)c1-c1ccsc1. The summed E-state index contributed by atoms with van der Waals surface area (Å²) in [4.78, 5) is 4.00. The minimum absolute atomic E-state index is 0.164. The third-order valence-electron chi connectivity index (χ3n) is 3.75. The molecule has 0 aliphatic carbocycles. The van der Waals surface area contributed by atoms with Gasteiger partial charge >= 0.3 is 0 Å². The van der Waals surface area contributed by atoms with E-state index in [0.29, 0.717) is 6.54 Å². The molecule has 0 aromatic carbocycles. The second-order valence-corrected chi connectivity index (χ2v) is 7.91. The Hall–Kier alpha value is -2.03. The van der Waals surface area contributed by atoms with Gasteiger partial charge < -0.3 is 0 Å². The van der Waals surface area contributed by atoms with Crippen LogP contribution in [0.3, 0.4) is 0 Å². The summed E-state index contributed by atoms with van der Waals surface area (Å²) in [6.07, 6.45) is 2.88. The van der Waals surface area contributed by atoms with Crippen molar-refractivity contribution in [2.75, 3.05) is 6.54 Å². The van der Waals surface area contributed by atoms with Gasteiger partial charge in [0.25, 0.3) is 0 Å². The molecule has 0 bridgehead atoms. The third-order valence-corrected chi connectivity index (χ3v) is 5.88. The molecule has 0 amide bonds. The number of nitrogens with zero attached hydrogens (tertiary/aromatic N) is 3. The summed E-state index contributed by atoms with van der Waals surface area (Å²) in [6, 6.07) is 5.19. The Morgan fingerprint density at radius 1 is 1.29 bits per heavy atom. The molecule has 0 radical (unpaired) electrons. The van der Waals surface area contributed by atoms with E-state index in [2.05, 4.69) is 26.3 Å². The first-order valence-electron chi connectivity index (χ1n) is 7.45. The van der Waals surface area contributed by atoms with Crippen molar-refractivity contribution >= 4 is 21.4 Å². The summed E-state index contributed by atoms with van der Waals surface area (Å²) in [7, 11) is -3.54. The molecule has 3 aromatic rings. The van der Waals surface area contributed by atoms with Crippen LogP contribution in [0.1, 0.15) is 11.4 Å². The second kappa shape index (κ2) is 6.84. The van der Waals surface area contributed by atoms with Crippen molar-refractivity contribution in [3.05, 3.63) is 52.7 Å². The van der Waals surface area contributed by atoms with Crippen LogP contribution in [0.2, 0.25) is 0 Å². The molecule has 3 aromatic heterocycles. The normalized spacial score (nSPS) is 11.8. The first kappa shape index (κ1) is 16.8. The van der Waals surface area contributed by atoms with Gasteiger partial charge in [-0.3, -0.25) is 9.67 Å². The number of aryl methyl sites for hydroxylation is 1. The van der Waals surface area contributed by atoms with E-state index in [1.807, 2.05) is 23.9 Å². The van der Waals surface area contributed by atoms with E-state index in [0.717, 1.165) is 22.5 Å². The van der Waals surface area contributed by atoms with Crippen LogP contribution in [-0.2, 0) is 16.6 Å². The zero-order chi connectivity index (χ0) is 17.2. The zero-order valence-electron chi connectivity index (χ0n) is 13.4. The van der Waals surface area contributed by atoms with E-state index in [1.54, 1.807) is 23.6 Å². The zero-order valence-corrected chi connectivity index (χ0v) is 15.1. The predicted octanol–water partition coefficient (Wildman–Crippen LogP) is 2.60. The maximum atomic E-state index is 12.2. The smallest absolute Gasteiger partial charge is 0.242 e. The number of nitrogens with one attached hydrogen (secondary N) is 1. The highest BCUT2D eigenvalue weighted by Gasteiger charge is 2.16. The second-order valence-electron chi connectivity index (χ2n) is 5.37. The number of hydrogen-bond acceptors (Lipinski definition) is 5. The highest BCUT2D eigenvalue weighted by Crippen LogP contribution is 2.28. The molecule has 0 unspecified atom stereocenters. The van der Waals surface area contributed by atoms with E-state index >= 15 is 0 Å². The van der Waals surface area contributed by atoms with Gasteiger partial charge in [-0.25, -0.2) is 13.1 Å². The lowest BCUT2D eigenvalue weighted by molar-refractivity contribution is 0.554. The molecular formula is C16H18N4O2S2. The molecule has 126 valence electrons. The van der Waals surface area contributed by atoms with E-state index in [-0.39, 0.29) is 11.4 Å². The van der Waals surface area contributed by atoms with E-state index in [1.165, 1.54) is 12.3 Å². The molecule has 0 saturated heterocycles. The molecule has 24 heavy (non-hydrogen) atoms. The monoisotopic (exact) mass is 362 g/mol. The highest BCUT2D eigenvalue weighted by atomic mass is 32.2. The Labute approximate surface area is 145 Å². The van der Waals surface area contributed by atoms with Crippen molar-refractivity contribution < 1.29 is 8.42 Å². The highest BCUT2D eigenvalue weighted by molar-refractivity contribution is 7.89. The average molecular weight is 362 g/mol. The van der Waals surface area contributed by atoms with Crippen LogP contribution in [0.15, 0.2) is 46.2 Å². The molecule has 3 rings (SSSR count). The van der Waals surface area contributed by atoms with Crippen LogP contribution in [0.5, 0.6) is 0 Å². The Kier molecular flexibility index (Phi) is 4.79. The molecule has 0 saturated carbocycles. The molecule has 6 nitrogen and oxygen atoms in total. The lowest BCUT2D eigenvalue weighted by Crippen LogP contribution is -2.28. The maximum Gasteiger partial charge on any atom is 0.242 e. The molecule has 0 fully saturated rings. The van der Waals surface area contributed by atoms with Gasteiger partial charge in [0.05, 0.1) is 12.2 Å². The molecule has 0 aliphatic rings. The van der Waals surface area contributed by atoms with E-state index in [4.69, 9.17) is 0 Å². The molecule has 1 N–H and O–H groups in total. The minimum Gasteiger partial charge on any atom is -0.268 e. The fraction of sp³-hybridized carbons (Fsp3) is 0.250. The summed E-state index contributed by atoms with van der Waals surface area (Å²) in [5, 5.41) is 8.66. The average Bonchev–Trinajstić information content (AvgIpc) is 3.17. The molecule has 0 spiro atoms. The van der Waals surface area contributed by atoms with Gasteiger partial charge in [-0.2, -0.15) is 16.4 Å². The number of sulfonamides is 1. The fourth-order valence-corrected chi connectivity index (χ4v) is 4.25. The van der Waals surface area contributed by atoms with Gasteiger partial charge in [-0.1, -0.05) is 0 Å². The van der Waals surface area contributed by atoms with Crippen LogP contribution >= 0.6 is 11.3 Å². The Bertz CT molecular complexity index is 917. The van der Waals surface area contributed by atoms with Crippen LogP contribution < -0.4 is 4.72 Å². The van der Waals surface area contributed by atoms with Gasteiger partial charge in [-0.15, -0.1) is 0 Å². The predicted molar refractivity (Wildman–Crippen MR) is 94.4 cm³/mol. The largest absolute Gasteiger partial charge is 0.268 e. The lowest BCUT2D eigenvalue weighted by atomic mass is 10.1. The minimum atomic E-state index is -3.54. The summed E-state index contributed by atoms with van der Waals surface area (Å²) in [6.45, 7) is 4.71. The van der Waals surface area contributed by atoms with Crippen molar-refractivity contribution in [2.24, 2.45) is 0 Å². The van der Waals surface area contributed by atoms with Gasteiger partial charge in [0.1, 0.15) is 4.90 Å². The summed E-state index contributed by atoms with van der Waals surface area (Å²) >= 11 is 1.65. The van der Waals surface area contributed by atoms with Crippen molar-refractivity contribution in [1.29, 1.82) is 0 Å². The first-order valence-corrected chi connectivity index (χ1v) is 9.88. The van der Waals surface area contributed by atoms with Crippen LogP contribution in [0.4, 0.5) is 0 Å². The van der Waals surface area contributed by atoms with Crippen LogP contribution in [0, 0.1) is 13.8 Å². The lowest BCUT2D eigenvalue weighted by Gasteiger charge is -2.08. The number of rotatable bonds is 6. The van der Waals surface area contributed by atoms with Gasteiger partial charge in [0.2, 0.25) is 10.0 Å². The fourth-order valence-electron chi connectivity index (χ4n) is 2.61. The van der Waals surface area contributed by atoms with E-state index in [9.17, 15) is 8.42 Å². The van der Waals surface area contributed by atoms with Crippen molar-refractivity contribution in [3.63, 3.8) is 0 Å². The number of thiophene rings is 1. The quantitative estimate of drug-likeness (QED) is 0.731. The summed E-state index contributed by atoms with van der Waals surface area (Å²) in [5.41, 5.74) is 4.25. The number of aromatic nitrogens is 3. The van der Waals surface area contributed by atoms with Gasteiger partial charge in [-0.05, 0) is 48.4 Å². The molecular weight excluding hydrogens is 344 g/mol. The van der Waals surface area contributed by atoms with Gasteiger partial charge in [0.15, 0.2) is 0 Å². The Morgan fingerprint density at radius 2 is 2.12 bits per heavy atom. The van der Waals surface area contributed by atoms with Crippen LogP contribution in [0.25, 0.3) is 11.1 Å². The van der Waals surface area contributed by atoms with Crippen molar-refractivity contribution in [2.45, 2.75) is 25.3 Å². The molecule has 0 atom stereocenters. The van der Waals surface area contributed by atoms with E-state index < -0.39 is 10.0 Å². The molecule has 3 heterocycles. The number of hydrogen-bond donors (Lipinski definition) is 1. The summed E-state index contributed by atoms with van der Waals surface area (Å²) < 4.78 is 28.8. The van der Waals surface area contributed by atoms with Crippen LogP contribution in [-0.4, -0.2) is 29.7 Å². The topological polar surface area (TPSA) is 76.9 Å². The standard InChI is InChI=1S/C16H18N4O2S2/c1-12-16(14-5-9-23-11-14)13(2)20(19-12)8-7-18-24(21,22)15-4-3-6-17-10-15/h3-6,9-11,18H,7-8H2,1-2H3. The van der Waals surface area contributed by atoms with Gasteiger partial charge in [0, 0.05) is 30.2 Å². The molecule has 0 aliphatic heterocycles. The maximum absolute atomic E-state index is 12.2. The van der Waals surface area contributed by atoms with Crippen molar-refractivity contribution in [1.82, 2.24) is 19.5 Å². The summed E-state index contributed by atoms with van der Waals surface area (Å²) in [5.74, 6) is 0. The number of pyridine rings is 1. The third kappa shape index (κ3) is 3.40.